The molecule has 2 aromatic carbocycles. The van der Waals surface area contributed by atoms with E-state index in [0.717, 1.165) is 5.56 Å². The second-order valence-corrected chi connectivity index (χ2v) is 3.74. The summed E-state index contributed by atoms with van der Waals surface area (Å²) in [5.41, 5.74) is 8.14. The molecule has 3 N–H and O–H groups in total. The van der Waals surface area contributed by atoms with Crippen LogP contribution in [0, 0.1) is 0 Å². The van der Waals surface area contributed by atoms with Gasteiger partial charge >= 0.3 is 5.97 Å². The van der Waals surface area contributed by atoms with Gasteiger partial charge in [0.1, 0.15) is 0 Å². The standard InChI is InChI=1S/C14H12N2O2/c15-12-3-1-2-4-13(12)16-9-10-5-7-11(8-6-10)14(17)18/h1-9H,15H2,(H,17,18). The van der Waals surface area contributed by atoms with E-state index in [0.29, 0.717) is 11.4 Å². The van der Waals surface area contributed by atoms with Gasteiger partial charge in [0.05, 0.1) is 16.9 Å². The highest BCUT2D eigenvalue weighted by atomic mass is 16.4. The third kappa shape index (κ3) is 2.74. The smallest absolute Gasteiger partial charge is 0.335 e. The van der Waals surface area contributed by atoms with Crippen molar-refractivity contribution in [3.05, 3.63) is 59.7 Å². The van der Waals surface area contributed by atoms with Gasteiger partial charge in [0.2, 0.25) is 0 Å². The Balaban J connectivity index is 2.19. The van der Waals surface area contributed by atoms with Crippen molar-refractivity contribution in [1.82, 2.24) is 0 Å². The summed E-state index contributed by atoms with van der Waals surface area (Å²) in [7, 11) is 0. The minimum absolute atomic E-state index is 0.256. The van der Waals surface area contributed by atoms with Crippen molar-refractivity contribution in [3.63, 3.8) is 0 Å². The molecule has 0 amide bonds. The Hall–Kier alpha value is -2.62. The number of nitrogens with zero attached hydrogens (tertiary/aromatic N) is 1. The van der Waals surface area contributed by atoms with E-state index in [9.17, 15) is 4.79 Å². The van der Waals surface area contributed by atoms with Crippen molar-refractivity contribution in [2.24, 2.45) is 4.99 Å². The number of carboxylic acid groups (broad SMARTS) is 1. The van der Waals surface area contributed by atoms with Crippen LogP contribution in [0.1, 0.15) is 15.9 Å². The molecule has 18 heavy (non-hydrogen) atoms. The number of carbonyl (C=O) groups is 1. The van der Waals surface area contributed by atoms with Crippen molar-refractivity contribution < 1.29 is 9.90 Å². The number of nitrogens with two attached hydrogens (primary N) is 1. The van der Waals surface area contributed by atoms with Crippen LogP contribution in [0.15, 0.2) is 53.5 Å². The van der Waals surface area contributed by atoms with Gasteiger partial charge in [0.25, 0.3) is 0 Å². The predicted molar refractivity (Wildman–Crippen MR) is 71.5 cm³/mol. The van der Waals surface area contributed by atoms with Crippen LogP contribution >= 0.6 is 0 Å². The molecule has 0 atom stereocenters. The van der Waals surface area contributed by atoms with E-state index in [2.05, 4.69) is 4.99 Å². The molecule has 0 saturated heterocycles. The first kappa shape index (κ1) is 11.9. The Morgan fingerprint density at radius 2 is 1.78 bits per heavy atom. The number of hydrogen-bond donors (Lipinski definition) is 2. The lowest BCUT2D eigenvalue weighted by Gasteiger charge is -1.99. The number of benzene rings is 2. The molecular weight excluding hydrogens is 228 g/mol. The number of nitrogen functional groups attached to an aromatic ring is 1. The molecule has 4 heteroatoms. The van der Waals surface area contributed by atoms with Gasteiger partial charge in [0, 0.05) is 6.21 Å². The molecule has 0 fully saturated rings. The third-order valence-corrected chi connectivity index (χ3v) is 2.45. The van der Waals surface area contributed by atoms with Crippen LogP contribution in [0.4, 0.5) is 11.4 Å². The fourth-order valence-corrected chi connectivity index (χ4v) is 1.46. The zero-order valence-corrected chi connectivity index (χ0v) is 9.58. The molecule has 90 valence electrons. The zero-order valence-electron chi connectivity index (χ0n) is 9.58. The van der Waals surface area contributed by atoms with E-state index in [1.54, 1.807) is 24.4 Å². The molecule has 4 nitrogen and oxygen atoms in total. The zero-order chi connectivity index (χ0) is 13.0. The lowest BCUT2D eigenvalue weighted by molar-refractivity contribution is 0.0697. The van der Waals surface area contributed by atoms with Crippen molar-refractivity contribution in [2.75, 3.05) is 5.73 Å². The number of para-hydroxylation sites is 2. The first-order valence-electron chi connectivity index (χ1n) is 5.39. The average Bonchev–Trinajstić information content (AvgIpc) is 2.38. The minimum atomic E-state index is -0.939. The topological polar surface area (TPSA) is 75.7 Å². The highest BCUT2D eigenvalue weighted by Crippen LogP contribution is 2.20. The van der Waals surface area contributed by atoms with Crippen LogP contribution in [0.5, 0.6) is 0 Å². The van der Waals surface area contributed by atoms with Gasteiger partial charge < -0.3 is 10.8 Å². The number of carboxylic acids is 1. The van der Waals surface area contributed by atoms with Gasteiger partial charge in [-0.25, -0.2) is 4.79 Å². The predicted octanol–water partition coefficient (Wildman–Crippen LogP) is 2.72. The van der Waals surface area contributed by atoms with Crippen LogP contribution in [0.25, 0.3) is 0 Å². The van der Waals surface area contributed by atoms with Gasteiger partial charge in [-0.15, -0.1) is 0 Å². The first-order valence-corrected chi connectivity index (χ1v) is 5.39. The van der Waals surface area contributed by atoms with E-state index in [-0.39, 0.29) is 5.56 Å². The van der Waals surface area contributed by atoms with Gasteiger partial charge in [-0.2, -0.15) is 0 Å². The maximum atomic E-state index is 10.7. The Morgan fingerprint density at radius 1 is 1.11 bits per heavy atom. The van der Waals surface area contributed by atoms with Gasteiger partial charge in [-0.1, -0.05) is 24.3 Å². The molecule has 0 bridgehead atoms. The fraction of sp³-hybridized carbons (Fsp3) is 0. The lowest BCUT2D eigenvalue weighted by Crippen LogP contribution is -1.95. The SMILES string of the molecule is Nc1ccccc1N=Cc1ccc(C(=O)O)cc1. The van der Waals surface area contributed by atoms with Crippen molar-refractivity contribution in [3.8, 4) is 0 Å². The highest BCUT2D eigenvalue weighted by molar-refractivity contribution is 5.89. The molecule has 0 aliphatic rings. The summed E-state index contributed by atoms with van der Waals surface area (Å²) in [6, 6.07) is 13.8. The molecule has 0 aromatic heterocycles. The second kappa shape index (κ2) is 5.14. The molecule has 0 aliphatic heterocycles. The summed E-state index contributed by atoms with van der Waals surface area (Å²) < 4.78 is 0. The normalized spacial score (nSPS) is 10.7. The van der Waals surface area contributed by atoms with Gasteiger partial charge in [-0.05, 0) is 29.8 Å². The summed E-state index contributed by atoms with van der Waals surface area (Å²) >= 11 is 0. The molecule has 2 rings (SSSR count). The lowest BCUT2D eigenvalue weighted by atomic mass is 10.1. The maximum absolute atomic E-state index is 10.7. The number of hydrogen-bond acceptors (Lipinski definition) is 3. The van der Waals surface area contributed by atoms with Crippen molar-refractivity contribution in [2.45, 2.75) is 0 Å². The van der Waals surface area contributed by atoms with E-state index in [1.165, 1.54) is 12.1 Å². The van der Waals surface area contributed by atoms with Crippen LogP contribution < -0.4 is 5.73 Å². The van der Waals surface area contributed by atoms with Crippen LogP contribution in [-0.4, -0.2) is 17.3 Å². The molecule has 0 spiro atoms. The number of anilines is 1. The summed E-state index contributed by atoms with van der Waals surface area (Å²) in [5.74, 6) is -0.939. The summed E-state index contributed by atoms with van der Waals surface area (Å²) in [4.78, 5) is 14.9. The monoisotopic (exact) mass is 240 g/mol. The average molecular weight is 240 g/mol. The quantitative estimate of drug-likeness (QED) is 0.639. The minimum Gasteiger partial charge on any atom is -0.478 e. The molecule has 2 aromatic rings. The first-order chi connectivity index (χ1) is 8.66. The molecule has 0 heterocycles. The number of aliphatic imine (C=N–C) groups is 1. The summed E-state index contributed by atoms with van der Waals surface area (Å²) in [5, 5.41) is 8.77. The van der Waals surface area contributed by atoms with E-state index >= 15 is 0 Å². The van der Waals surface area contributed by atoms with E-state index in [4.69, 9.17) is 10.8 Å². The molecular formula is C14H12N2O2. The van der Waals surface area contributed by atoms with Crippen LogP contribution in [0.3, 0.4) is 0 Å². The Morgan fingerprint density at radius 3 is 2.39 bits per heavy atom. The highest BCUT2D eigenvalue weighted by Gasteiger charge is 2.00. The second-order valence-electron chi connectivity index (χ2n) is 3.74. The molecule has 0 aliphatic carbocycles. The third-order valence-electron chi connectivity index (χ3n) is 2.45. The van der Waals surface area contributed by atoms with Crippen LogP contribution in [0.2, 0.25) is 0 Å². The van der Waals surface area contributed by atoms with Gasteiger partial charge in [-0.3, -0.25) is 4.99 Å². The van der Waals surface area contributed by atoms with E-state index in [1.807, 2.05) is 18.2 Å². The van der Waals surface area contributed by atoms with Crippen molar-refractivity contribution in [1.29, 1.82) is 0 Å². The number of aromatic carboxylic acids is 1. The summed E-state index contributed by atoms with van der Waals surface area (Å²) in [6.45, 7) is 0. The van der Waals surface area contributed by atoms with E-state index < -0.39 is 5.97 Å². The Labute approximate surface area is 104 Å². The molecule has 0 unspecified atom stereocenters. The molecule has 0 saturated carbocycles. The maximum Gasteiger partial charge on any atom is 0.335 e. The number of rotatable bonds is 3. The summed E-state index contributed by atoms with van der Waals surface area (Å²) in [6.07, 6.45) is 1.65. The van der Waals surface area contributed by atoms with Gasteiger partial charge in [0.15, 0.2) is 0 Å². The Kier molecular flexibility index (Phi) is 3.38. The van der Waals surface area contributed by atoms with Crippen LogP contribution in [-0.2, 0) is 0 Å². The molecule has 0 radical (unpaired) electrons. The largest absolute Gasteiger partial charge is 0.478 e. The van der Waals surface area contributed by atoms with Crippen molar-refractivity contribution >= 4 is 23.6 Å². The fourth-order valence-electron chi connectivity index (χ4n) is 1.46. The Bertz CT molecular complexity index is 589.